The number of thioether (sulfide) groups is 1. The van der Waals surface area contributed by atoms with Gasteiger partial charge in [-0.15, -0.1) is 0 Å². The second-order valence-electron chi connectivity index (χ2n) is 17.1. The summed E-state index contributed by atoms with van der Waals surface area (Å²) in [5.74, 6) is 2.20. The predicted octanol–water partition coefficient (Wildman–Crippen LogP) is 5.92. The second kappa shape index (κ2) is 30.6. The predicted molar refractivity (Wildman–Crippen MR) is 273 cm³/mol. The molecule has 2 aliphatic rings. The third-order valence-corrected chi connectivity index (χ3v) is 13.1. The first-order chi connectivity index (χ1) is 34.0. The van der Waals surface area contributed by atoms with Crippen molar-refractivity contribution in [1.29, 1.82) is 0 Å². The van der Waals surface area contributed by atoms with E-state index in [4.69, 9.17) is 18.9 Å². The van der Waals surface area contributed by atoms with Crippen molar-refractivity contribution in [3.63, 3.8) is 0 Å². The number of nitrogens with one attached hydrogen (secondary N) is 6. The molecule has 2 saturated heterocycles. The van der Waals surface area contributed by atoms with Gasteiger partial charge in [0.2, 0.25) is 29.6 Å². The Kier molecular flexibility index (Phi) is 24.0. The molecular formula is C50H72N10O9S. The topological polar surface area (TPSA) is 227 Å². The van der Waals surface area contributed by atoms with Crippen LogP contribution in [0.3, 0.4) is 0 Å². The smallest absolute Gasteiger partial charge is 0.320 e. The molecular weight excluding hydrogens is 917 g/mol. The molecule has 2 aromatic carbocycles. The lowest BCUT2D eigenvalue weighted by Crippen LogP contribution is -2.38. The summed E-state index contributed by atoms with van der Waals surface area (Å²) in [6, 6.07) is 15.4. The Labute approximate surface area is 416 Å². The average molecular weight is 989 g/mol. The number of urea groups is 1. The first kappa shape index (κ1) is 55.0. The number of aromatic nitrogens is 2. The van der Waals surface area contributed by atoms with Gasteiger partial charge in [-0.1, -0.05) is 25.1 Å². The van der Waals surface area contributed by atoms with Crippen molar-refractivity contribution in [3.05, 3.63) is 72.9 Å². The number of hydrogen-bond acceptors (Lipinski definition) is 14. The SMILES string of the molecule is C=CC(=O)Nc1cccc(Nc2nc(Nc3cccc(OCCCNC(=O)CCCC(=O)NCCCOCCOCCOCCCNC(=O)CCCCC4SCC5C4N(C)C(=O)N5C)c3)ncc2C)c1. The molecule has 0 radical (unpaired) electrons. The number of ether oxygens (including phenoxy) is 4. The van der Waals surface area contributed by atoms with E-state index in [1.54, 1.807) is 18.3 Å². The Hall–Kier alpha value is -5.96. The maximum Gasteiger partial charge on any atom is 0.320 e. The molecule has 70 heavy (non-hydrogen) atoms. The van der Waals surface area contributed by atoms with Crippen LogP contribution in [0, 0.1) is 6.92 Å². The van der Waals surface area contributed by atoms with Crippen molar-refractivity contribution in [2.75, 3.05) is 102 Å². The first-order valence-corrected chi connectivity index (χ1v) is 25.3. The Bertz CT molecular complexity index is 2150. The van der Waals surface area contributed by atoms with Crippen LogP contribution >= 0.6 is 11.8 Å². The molecule has 3 heterocycles. The molecule has 6 N–H and O–H groups in total. The molecule has 382 valence electrons. The summed E-state index contributed by atoms with van der Waals surface area (Å²) in [5.41, 5.74) is 2.94. The number of carbonyl (C=O) groups is 5. The zero-order valence-corrected chi connectivity index (χ0v) is 41.7. The molecule has 0 spiro atoms. The van der Waals surface area contributed by atoms with E-state index in [1.165, 1.54) is 6.08 Å². The first-order valence-electron chi connectivity index (χ1n) is 24.3. The van der Waals surface area contributed by atoms with Gasteiger partial charge in [0.1, 0.15) is 11.6 Å². The second-order valence-corrected chi connectivity index (χ2v) is 18.4. The maximum absolute atomic E-state index is 12.3. The van der Waals surface area contributed by atoms with Crippen molar-refractivity contribution in [2.45, 2.75) is 88.5 Å². The van der Waals surface area contributed by atoms with E-state index in [1.807, 2.05) is 79.0 Å². The molecule has 3 atom stereocenters. The van der Waals surface area contributed by atoms with Gasteiger partial charge in [0.25, 0.3) is 0 Å². The Morgan fingerprint density at radius 2 is 1.31 bits per heavy atom. The minimum atomic E-state index is -0.296. The van der Waals surface area contributed by atoms with Crippen LogP contribution in [0.4, 0.5) is 33.6 Å². The van der Waals surface area contributed by atoms with Crippen LogP contribution in [0.2, 0.25) is 0 Å². The van der Waals surface area contributed by atoms with Gasteiger partial charge in [0.05, 0.1) is 45.1 Å². The van der Waals surface area contributed by atoms with Crippen LogP contribution in [0.5, 0.6) is 5.75 Å². The summed E-state index contributed by atoms with van der Waals surface area (Å²) < 4.78 is 22.7. The molecule has 3 unspecified atom stereocenters. The minimum Gasteiger partial charge on any atom is -0.493 e. The highest BCUT2D eigenvalue weighted by molar-refractivity contribution is 8.00. The molecule has 5 rings (SSSR count). The number of rotatable bonds is 34. The molecule has 0 saturated carbocycles. The van der Waals surface area contributed by atoms with Crippen molar-refractivity contribution in [1.82, 2.24) is 35.7 Å². The number of amides is 6. The average Bonchev–Trinajstić information content (AvgIpc) is 3.86. The van der Waals surface area contributed by atoms with Crippen LogP contribution in [0.1, 0.15) is 69.8 Å². The van der Waals surface area contributed by atoms with Gasteiger partial charge in [-0.3, -0.25) is 19.2 Å². The molecule has 6 amide bonds. The molecule has 0 aliphatic carbocycles. The maximum atomic E-state index is 12.3. The lowest BCUT2D eigenvalue weighted by atomic mass is 10.0. The van der Waals surface area contributed by atoms with Crippen molar-refractivity contribution in [3.8, 4) is 5.75 Å². The highest BCUT2D eigenvalue weighted by Gasteiger charge is 2.49. The lowest BCUT2D eigenvalue weighted by Gasteiger charge is -2.23. The summed E-state index contributed by atoms with van der Waals surface area (Å²) in [6.07, 6.45) is 9.30. The van der Waals surface area contributed by atoms with E-state index in [0.29, 0.717) is 126 Å². The van der Waals surface area contributed by atoms with E-state index in [0.717, 1.165) is 48.4 Å². The van der Waals surface area contributed by atoms with Crippen molar-refractivity contribution < 1.29 is 42.9 Å². The highest BCUT2D eigenvalue weighted by atomic mass is 32.2. The van der Waals surface area contributed by atoms with E-state index >= 15 is 0 Å². The van der Waals surface area contributed by atoms with Crippen LogP contribution in [0.25, 0.3) is 0 Å². The third-order valence-electron chi connectivity index (χ3n) is 11.6. The Balaban J connectivity index is 0.774. The number of likely N-dealkylation sites (N-methyl/N-ethyl adjacent to an activating group) is 2. The number of nitrogens with zero attached hydrogens (tertiary/aromatic N) is 4. The molecule has 20 heteroatoms. The fourth-order valence-electron chi connectivity index (χ4n) is 7.86. The Morgan fingerprint density at radius 3 is 1.97 bits per heavy atom. The van der Waals surface area contributed by atoms with Crippen molar-refractivity contribution >= 4 is 70.3 Å². The van der Waals surface area contributed by atoms with E-state index in [2.05, 4.69) is 48.4 Å². The molecule has 3 aromatic rings. The zero-order valence-electron chi connectivity index (χ0n) is 40.9. The van der Waals surface area contributed by atoms with Crippen LogP contribution < -0.4 is 36.6 Å². The number of benzene rings is 2. The molecule has 2 aliphatic heterocycles. The van der Waals surface area contributed by atoms with Gasteiger partial charge in [0, 0.05) is 112 Å². The van der Waals surface area contributed by atoms with E-state index in [-0.39, 0.29) is 48.5 Å². The van der Waals surface area contributed by atoms with E-state index < -0.39 is 0 Å². The van der Waals surface area contributed by atoms with E-state index in [9.17, 15) is 24.0 Å². The fourth-order valence-corrected chi connectivity index (χ4v) is 9.62. The summed E-state index contributed by atoms with van der Waals surface area (Å²) >= 11 is 1.95. The summed E-state index contributed by atoms with van der Waals surface area (Å²) in [7, 11) is 3.79. The largest absolute Gasteiger partial charge is 0.493 e. The number of aryl methyl sites for hydroxylation is 1. The number of hydrogen-bond donors (Lipinski definition) is 6. The Morgan fingerprint density at radius 1 is 0.729 bits per heavy atom. The van der Waals surface area contributed by atoms with Gasteiger partial charge in [-0.05, 0) is 81.9 Å². The van der Waals surface area contributed by atoms with Crippen LogP contribution in [-0.4, -0.2) is 152 Å². The molecule has 19 nitrogen and oxygen atoms in total. The van der Waals surface area contributed by atoms with Gasteiger partial charge in [-0.25, -0.2) is 9.78 Å². The molecule has 0 bridgehead atoms. The number of anilines is 5. The van der Waals surface area contributed by atoms with Gasteiger partial charge >= 0.3 is 6.03 Å². The van der Waals surface area contributed by atoms with Crippen LogP contribution in [-0.2, 0) is 33.4 Å². The number of unbranched alkanes of at least 4 members (excludes halogenated alkanes) is 1. The van der Waals surface area contributed by atoms with Gasteiger partial charge in [0.15, 0.2) is 0 Å². The van der Waals surface area contributed by atoms with Gasteiger partial charge < -0.3 is 60.6 Å². The highest BCUT2D eigenvalue weighted by Crippen LogP contribution is 2.40. The quantitative estimate of drug-likeness (QED) is 0.0232. The summed E-state index contributed by atoms with van der Waals surface area (Å²) in [6.45, 7) is 10.2. The standard InChI is InChI=1S/C50H72N10O9S/c1-5-43(61)55-37-14-8-15-38(32-37)56-48-36(2)34-54-49(58-48)57-39-16-9-17-40(33-39)69-27-13-24-53-46(64)21-10-20-45(63)52-23-12-26-67-29-31-68-30-28-66-25-11-22-51-44(62)19-7-6-18-42-47-41(35-70-42)59(3)50(65)60(47)4/h5,8-9,14-17,32-34,41-42,47H,1,6-7,10-13,18-31,35H2,2-4H3,(H,51,62)(H,52,63)(H,53,64)(H,55,61)(H2,54,56,57,58). The zero-order chi connectivity index (χ0) is 49.9. The minimum absolute atomic E-state index is 0.0683. The van der Waals surface area contributed by atoms with Crippen LogP contribution in [0.15, 0.2) is 67.4 Å². The van der Waals surface area contributed by atoms with Gasteiger partial charge in [-0.2, -0.15) is 16.7 Å². The number of fused-ring (bicyclic) bond motifs is 1. The molecule has 1 aromatic heterocycles. The lowest BCUT2D eigenvalue weighted by molar-refractivity contribution is -0.123. The monoisotopic (exact) mass is 989 g/mol. The molecule has 2 fully saturated rings. The fraction of sp³-hybridized carbons (Fsp3) is 0.540. The number of carbonyl (C=O) groups excluding carboxylic acids is 5. The normalized spacial score (nSPS) is 16.1. The third kappa shape index (κ3) is 19.4. The van der Waals surface area contributed by atoms with Crippen molar-refractivity contribution in [2.24, 2.45) is 0 Å². The summed E-state index contributed by atoms with van der Waals surface area (Å²) in [4.78, 5) is 73.5. The summed E-state index contributed by atoms with van der Waals surface area (Å²) in [5, 5.41) is 18.4.